The van der Waals surface area contributed by atoms with Crippen molar-refractivity contribution in [3.63, 3.8) is 0 Å². The summed E-state index contributed by atoms with van der Waals surface area (Å²) in [5.74, 6) is 7.93. The Bertz CT molecular complexity index is 413. The highest BCUT2D eigenvalue weighted by Crippen LogP contribution is 2.34. The lowest BCUT2D eigenvalue weighted by atomic mass is 9.74. The van der Waals surface area contributed by atoms with E-state index >= 15 is 0 Å². The number of halogens is 1. The zero-order valence-electron chi connectivity index (χ0n) is 12.1. The predicted octanol–water partition coefficient (Wildman–Crippen LogP) is 3.77. The standard InChI is InChI=1S/C16H25ClN2O/c1-2-12-6-3-4-9-15(12)16(19-18)11-20-14-8-5-7-13(17)10-14/h5,7-8,10,12,15-16,19H,2-4,6,9,11,18H2,1H3. The smallest absolute Gasteiger partial charge is 0.120 e. The zero-order valence-corrected chi connectivity index (χ0v) is 12.9. The molecule has 112 valence electrons. The molecule has 3 N–H and O–H groups in total. The van der Waals surface area contributed by atoms with Crippen molar-refractivity contribution in [3.05, 3.63) is 29.3 Å². The van der Waals surface area contributed by atoms with Gasteiger partial charge in [-0.1, -0.05) is 50.3 Å². The summed E-state index contributed by atoms with van der Waals surface area (Å²) in [4.78, 5) is 0. The molecule has 1 fully saturated rings. The highest BCUT2D eigenvalue weighted by Gasteiger charge is 2.30. The van der Waals surface area contributed by atoms with Crippen LogP contribution in [0, 0.1) is 11.8 Å². The van der Waals surface area contributed by atoms with Crippen molar-refractivity contribution in [1.82, 2.24) is 5.43 Å². The van der Waals surface area contributed by atoms with E-state index in [0.29, 0.717) is 17.5 Å². The van der Waals surface area contributed by atoms with Gasteiger partial charge in [-0.2, -0.15) is 0 Å². The zero-order chi connectivity index (χ0) is 14.4. The van der Waals surface area contributed by atoms with Gasteiger partial charge >= 0.3 is 0 Å². The van der Waals surface area contributed by atoms with Crippen LogP contribution in [0.1, 0.15) is 39.0 Å². The topological polar surface area (TPSA) is 47.3 Å². The van der Waals surface area contributed by atoms with E-state index < -0.39 is 0 Å². The summed E-state index contributed by atoms with van der Waals surface area (Å²) in [6.07, 6.45) is 6.43. The van der Waals surface area contributed by atoms with Crippen LogP contribution in [0.3, 0.4) is 0 Å². The SMILES string of the molecule is CCC1CCCCC1C(COc1cccc(Cl)c1)NN. The second-order valence-electron chi connectivity index (χ2n) is 5.66. The Hall–Kier alpha value is -0.770. The predicted molar refractivity (Wildman–Crippen MR) is 83.8 cm³/mol. The van der Waals surface area contributed by atoms with Gasteiger partial charge in [-0.15, -0.1) is 0 Å². The Kier molecular flexibility index (Phi) is 6.14. The Balaban J connectivity index is 1.94. The van der Waals surface area contributed by atoms with E-state index in [9.17, 15) is 0 Å². The summed E-state index contributed by atoms with van der Waals surface area (Å²) >= 11 is 5.97. The molecule has 0 spiro atoms. The van der Waals surface area contributed by atoms with Crippen molar-refractivity contribution in [2.75, 3.05) is 6.61 Å². The lowest BCUT2D eigenvalue weighted by Crippen LogP contribution is -2.48. The fourth-order valence-electron chi connectivity index (χ4n) is 3.31. The normalized spacial score (nSPS) is 24.4. The molecule has 0 aliphatic heterocycles. The van der Waals surface area contributed by atoms with Gasteiger partial charge < -0.3 is 4.74 Å². The maximum Gasteiger partial charge on any atom is 0.120 e. The maximum absolute atomic E-state index is 5.97. The molecule has 0 amide bonds. The van der Waals surface area contributed by atoms with E-state index in [2.05, 4.69) is 12.3 Å². The third-order valence-electron chi connectivity index (χ3n) is 4.45. The van der Waals surface area contributed by atoms with Crippen LogP contribution in [-0.2, 0) is 0 Å². The second-order valence-corrected chi connectivity index (χ2v) is 6.09. The van der Waals surface area contributed by atoms with Crippen LogP contribution in [0.2, 0.25) is 5.02 Å². The van der Waals surface area contributed by atoms with Gasteiger partial charge in [0.15, 0.2) is 0 Å². The van der Waals surface area contributed by atoms with Gasteiger partial charge in [-0.3, -0.25) is 11.3 Å². The summed E-state index contributed by atoms with van der Waals surface area (Å²) in [5.41, 5.74) is 2.96. The summed E-state index contributed by atoms with van der Waals surface area (Å²) < 4.78 is 5.86. The summed E-state index contributed by atoms with van der Waals surface area (Å²) in [5, 5.41) is 0.698. The minimum absolute atomic E-state index is 0.208. The molecule has 1 aromatic carbocycles. The molecule has 0 bridgehead atoms. The first-order chi connectivity index (χ1) is 9.74. The van der Waals surface area contributed by atoms with Gasteiger partial charge in [0.25, 0.3) is 0 Å². The minimum atomic E-state index is 0.208. The average Bonchev–Trinajstić information content (AvgIpc) is 2.48. The van der Waals surface area contributed by atoms with E-state index in [1.54, 1.807) is 0 Å². The number of nitrogens with one attached hydrogen (secondary N) is 1. The van der Waals surface area contributed by atoms with Crippen molar-refractivity contribution in [2.45, 2.75) is 45.1 Å². The fourth-order valence-corrected chi connectivity index (χ4v) is 3.49. The molecule has 1 aromatic rings. The molecule has 3 nitrogen and oxygen atoms in total. The Morgan fingerprint density at radius 2 is 2.20 bits per heavy atom. The van der Waals surface area contributed by atoms with Crippen LogP contribution in [0.15, 0.2) is 24.3 Å². The number of hydrogen-bond donors (Lipinski definition) is 2. The van der Waals surface area contributed by atoms with E-state index in [-0.39, 0.29) is 6.04 Å². The van der Waals surface area contributed by atoms with Crippen LogP contribution in [0.5, 0.6) is 5.75 Å². The molecule has 0 heterocycles. The van der Waals surface area contributed by atoms with Crippen molar-refractivity contribution in [1.29, 1.82) is 0 Å². The quantitative estimate of drug-likeness (QED) is 0.620. The molecule has 0 radical (unpaired) electrons. The Morgan fingerprint density at radius 3 is 2.90 bits per heavy atom. The molecule has 0 aromatic heterocycles. The maximum atomic E-state index is 5.97. The molecule has 3 unspecified atom stereocenters. The van der Waals surface area contributed by atoms with Gasteiger partial charge in [-0.05, 0) is 36.5 Å². The summed E-state index contributed by atoms with van der Waals surface area (Å²) in [7, 11) is 0. The molecule has 20 heavy (non-hydrogen) atoms. The third-order valence-corrected chi connectivity index (χ3v) is 4.68. The first-order valence-electron chi connectivity index (χ1n) is 7.59. The van der Waals surface area contributed by atoms with E-state index in [0.717, 1.165) is 11.7 Å². The Labute approximate surface area is 126 Å². The summed E-state index contributed by atoms with van der Waals surface area (Å²) in [6, 6.07) is 7.73. The Morgan fingerprint density at radius 1 is 1.40 bits per heavy atom. The van der Waals surface area contributed by atoms with E-state index in [4.69, 9.17) is 22.2 Å². The number of nitrogens with two attached hydrogens (primary N) is 1. The molecule has 4 heteroatoms. The van der Waals surface area contributed by atoms with Gasteiger partial charge in [0, 0.05) is 5.02 Å². The van der Waals surface area contributed by atoms with Crippen LogP contribution in [0.25, 0.3) is 0 Å². The molecular weight excluding hydrogens is 272 g/mol. The fraction of sp³-hybridized carbons (Fsp3) is 0.625. The number of hydrogen-bond acceptors (Lipinski definition) is 3. The van der Waals surface area contributed by atoms with Crippen molar-refractivity contribution in [3.8, 4) is 5.75 Å². The first kappa shape index (κ1) is 15.6. The number of ether oxygens (including phenoxy) is 1. The molecule has 2 rings (SSSR count). The molecular formula is C16H25ClN2O. The second kappa shape index (κ2) is 7.87. The van der Waals surface area contributed by atoms with Crippen molar-refractivity contribution >= 4 is 11.6 Å². The lowest BCUT2D eigenvalue weighted by Gasteiger charge is -2.36. The van der Waals surface area contributed by atoms with Crippen molar-refractivity contribution < 1.29 is 4.74 Å². The van der Waals surface area contributed by atoms with Crippen LogP contribution in [-0.4, -0.2) is 12.6 Å². The van der Waals surface area contributed by atoms with E-state index in [1.165, 1.54) is 32.1 Å². The monoisotopic (exact) mass is 296 g/mol. The molecule has 1 aliphatic rings. The third kappa shape index (κ3) is 4.11. The molecule has 0 saturated heterocycles. The number of hydrazine groups is 1. The highest BCUT2D eigenvalue weighted by atomic mass is 35.5. The molecule has 1 aliphatic carbocycles. The van der Waals surface area contributed by atoms with Crippen LogP contribution in [0.4, 0.5) is 0 Å². The highest BCUT2D eigenvalue weighted by molar-refractivity contribution is 6.30. The van der Waals surface area contributed by atoms with E-state index in [1.807, 2.05) is 24.3 Å². The largest absolute Gasteiger partial charge is 0.492 e. The van der Waals surface area contributed by atoms with Gasteiger partial charge in [0.05, 0.1) is 6.04 Å². The van der Waals surface area contributed by atoms with Gasteiger partial charge in [0.1, 0.15) is 12.4 Å². The summed E-state index contributed by atoms with van der Waals surface area (Å²) in [6.45, 7) is 2.87. The van der Waals surface area contributed by atoms with Crippen molar-refractivity contribution in [2.24, 2.45) is 17.7 Å². The molecule has 1 saturated carbocycles. The number of rotatable bonds is 6. The average molecular weight is 297 g/mol. The number of benzene rings is 1. The van der Waals surface area contributed by atoms with Crippen LogP contribution < -0.4 is 16.0 Å². The van der Waals surface area contributed by atoms with Gasteiger partial charge in [-0.25, -0.2) is 0 Å². The van der Waals surface area contributed by atoms with Gasteiger partial charge in [0.2, 0.25) is 0 Å². The first-order valence-corrected chi connectivity index (χ1v) is 7.97. The lowest BCUT2D eigenvalue weighted by molar-refractivity contribution is 0.133. The molecule has 3 atom stereocenters. The van der Waals surface area contributed by atoms with Crippen LogP contribution >= 0.6 is 11.6 Å². The minimum Gasteiger partial charge on any atom is -0.492 e.